The second kappa shape index (κ2) is 10.5. The smallest absolute Gasteiger partial charge is 0.272 e. The number of anilines is 2. The van der Waals surface area contributed by atoms with Gasteiger partial charge in [-0.3, -0.25) is 9.79 Å². The number of nitrogens with one attached hydrogen (secondary N) is 1. The molecule has 202 valence electrons. The molecule has 3 aromatic rings. The number of carbonyl (C=O) groups is 1. The van der Waals surface area contributed by atoms with Gasteiger partial charge in [-0.25, -0.2) is 14.4 Å². The van der Waals surface area contributed by atoms with Crippen molar-refractivity contribution < 1.29 is 13.9 Å². The molecule has 3 heterocycles. The van der Waals surface area contributed by atoms with E-state index in [1.165, 1.54) is 6.07 Å². The van der Waals surface area contributed by atoms with E-state index in [1.54, 1.807) is 48.7 Å². The van der Waals surface area contributed by atoms with Crippen LogP contribution < -0.4 is 10.1 Å². The molecule has 3 aliphatic rings. The summed E-state index contributed by atoms with van der Waals surface area (Å²) < 4.78 is 20.5. The monoisotopic (exact) mass is 536 g/mol. The summed E-state index contributed by atoms with van der Waals surface area (Å²) in [6, 6.07) is 14.4. The Hall–Kier alpha value is -4.63. The highest BCUT2D eigenvalue weighted by atomic mass is 19.1. The first-order valence-electron chi connectivity index (χ1n) is 13.1. The summed E-state index contributed by atoms with van der Waals surface area (Å²) in [7, 11) is 5.62. The highest BCUT2D eigenvalue weighted by molar-refractivity contribution is 6.45. The summed E-state index contributed by atoms with van der Waals surface area (Å²) in [5.74, 6) is 0.579. The molecular formula is C31H29FN6O2. The van der Waals surface area contributed by atoms with Gasteiger partial charge in [-0.1, -0.05) is 30.3 Å². The standard InChI is InChI=1S/C31H29FN6O2/c1-37(2)21-17-38(18-21)30(39)28-14-25(24-9-4-5-10-27(24)32)23-12-11-19-15-34-31(36-29(19)26(23)16-33-28)35-20-7-6-8-22(13-20)40-3/h4-10,12-16,21H,11,17-18H2,1-3H3,(H,34,35,36). The number of aliphatic imine (C=N–C) groups is 1. The zero-order chi connectivity index (χ0) is 27.8. The van der Waals surface area contributed by atoms with E-state index in [-0.39, 0.29) is 17.4 Å². The number of allylic oxidation sites excluding steroid dienone is 4. The third-order valence-electron chi connectivity index (χ3n) is 7.43. The maximum Gasteiger partial charge on any atom is 0.272 e. The first-order valence-corrected chi connectivity index (χ1v) is 13.1. The molecule has 40 heavy (non-hydrogen) atoms. The van der Waals surface area contributed by atoms with Gasteiger partial charge in [-0.15, -0.1) is 0 Å². The Morgan fingerprint density at radius 2 is 1.93 bits per heavy atom. The molecule has 9 heteroatoms. The third kappa shape index (κ3) is 4.80. The predicted octanol–water partition coefficient (Wildman–Crippen LogP) is 4.50. The van der Waals surface area contributed by atoms with Crippen LogP contribution in [0.4, 0.5) is 16.0 Å². The van der Waals surface area contributed by atoms with Crippen LogP contribution in [-0.2, 0) is 11.2 Å². The van der Waals surface area contributed by atoms with Gasteiger partial charge in [0, 0.05) is 60.0 Å². The molecule has 2 aliphatic heterocycles. The zero-order valence-corrected chi connectivity index (χ0v) is 22.6. The number of carbonyl (C=O) groups excluding carboxylic acids is 1. The Labute approximate surface area is 232 Å². The minimum atomic E-state index is -0.367. The Morgan fingerprint density at radius 3 is 2.70 bits per heavy atom. The van der Waals surface area contributed by atoms with Crippen LogP contribution >= 0.6 is 0 Å². The molecule has 1 aromatic heterocycles. The lowest BCUT2D eigenvalue weighted by Gasteiger charge is -2.42. The van der Waals surface area contributed by atoms with Crippen LogP contribution in [-0.4, -0.2) is 71.7 Å². The number of fused-ring (bicyclic) bond motifs is 3. The van der Waals surface area contributed by atoms with Gasteiger partial charge < -0.3 is 19.9 Å². The zero-order valence-electron chi connectivity index (χ0n) is 22.6. The van der Waals surface area contributed by atoms with Gasteiger partial charge in [0.25, 0.3) is 5.91 Å². The lowest BCUT2D eigenvalue weighted by Crippen LogP contribution is -2.60. The van der Waals surface area contributed by atoms with E-state index in [9.17, 15) is 4.79 Å². The van der Waals surface area contributed by atoms with Crippen molar-refractivity contribution in [3.05, 3.63) is 101 Å². The summed E-state index contributed by atoms with van der Waals surface area (Å²) >= 11 is 0. The van der Waals surface area contributed by atoms with E-state index in [0.29, 0.717) is 59.7 Å². The summed E-state index contributed by atoms with van der Waals surface area (Å²) in [5, 5.41) is 3.24. The molecule has 1 amide bonds. The van der Waals surface area contributed by atoms with E-state index in [0.717, 1.165) is 16.8 Å². The molecule has 1 N–H and O–H groups in total. The van der Waals surface area contributed by atoms with Gasteiger partial charge in [0.05, 0.1) is 12.8 Å². The van der Waals surface area contributed by atoms with Gasteiger partial charge >= 0.3 is 0 Å². The molecule has 0 spiro atoms. The lowest BCUT2D eigenvalue weighted by molar-refractivity contribution is -0.130. The van der Waals surface area contributed by atoms with Crippen molar-refractivity contribution in [1.29, 1.82) is 0 Å². The minimum Gasteiger partial charge on any atom is -0.497 e. The Bertz CT molecular complexity index is 1620. The number of hydrogen-bond donors (Lipinski definition) is 1. The van der Waals surface area contributed by atoms with Gasteiger partial charge in [-0.2, -0.15) is 0 Å². The first kappa shape index (κ1) is 25.6. The third-order valence-corrected chi connectivity index (χ3v) is 7.43. The molecule has 8 nitrogen and oxygen atoms in total. The van der Waals surface area contributed by atoms with E-state index >= 15 is 4.39 Å². The molecular weight excluding hydrogens is 507 g/mol. The second-order valence-electron chi connectivity index (χ2n) is 10.2. The number of amides is 1. The molecule has 1 saturated heterocycles. The van der Waals surface area contributed by atoms with Crippen LogP contribution in [0.1, 0.15) is 16.8 Å². The number of hydrogen-bond acceptors (Lipinski definition) is 7. The summed E-state index contributed by atoms with van der Waals surface area (Å²) in [4.78, 5) is 31.3. The van der Waals surface area contributed by atoms with Crippen LogP contribution in [0.25, 0.3) is 11.1 Å². The largest absolute Gasteiger partial charge is 0.497 e. The minimum absolute atomic E-state index is 0.175. The van der Waals surface area contributed by atoms with Crippen molar-refractivity contribution in [2.45, 2.75) is 12.5 Å². The molecule has 1 aliphatic carbocycles. The van der Waals surface area contributed by atoms with Crippen molar-refractivity contribution in [2.24, 2.45) is 4.99 Å². The van der Waals surface area contributed by atoms with Crippen molar-refractivity contribution in [3.8, 4) is 5.75 Å². The SMILES string of the molecule is COc1cccc(Nc2ncc3c(n2)C2=CN=C(C(=O)N4CC(N(C)C)C4)C=C(c4ccccc4F)C2=CC3)c1. The normalized spacial score (nSPS) is 16.5. The molecule has 0 radical (unpaired) electrons. The van der Waals surface area contributed by atoms with Gasteiger partial charge in [0.2, 0.25) is 5.95 Å². The average molecular weight is 537 g/mol. The fraction of sp³-hybridized carbons (Fsp3) is 0.226. The topological polar surface area (TPSA) is 82.9 Å². The number of methoxy groups -OCH3 is 1. The van der Waals surface area contributed by atoms with Gasteiger partial charge in [-0.05, 0) is 55.9 Å². The van der Waals surface area contributed by atoms with E-state index in [2.05, 4.69) is 20.2 Å². The van der Waals surface area contributed by atoms with Crippen LogP contribution in [0, 0.1) is 5.82 Å². The average Bonchev–Trinajstić information content (AvgIpc) is 3.12. The number of rotatable bonds is 6. The maximum absolute atomic E-state index is 15.2. The fourth-order valence-corrected chi connectivity index (χ4v) is 5.03. The summed E-state index contributed by atoms with van der Waals surface area (Å²) in [5.41, 5.74) is 5.16. The highest BCUT2D eigenvalue weighted by Crippen LogP contribution is 2.41. The maximum atomic E-state index is 15.2. The lowest BCUT2D eigenvalue weighted by atomic mass is 9.84. The first-order chi connectivity index (χ1) is 19.4. The number of halogens is 1. The Balaban J connectivity index is 1.40. The number of benzene rings is 2. The highest BCUT2D eigenvalue weighted by Gasteiger charge is 2.35. The number of likely N-dealkylation sites (N-methyl/N-ethyl adjacent to an activating group) is 1. The number of ether oxygens (including phenoxy) is 1. The van der Waals surface area contributed by atoms with E-state index < -0.39 is 0 Å². The molecule has 6 rings (SSSR count). The summed E-state index contributed by atoms with van der Waals surface area (Å²) in [6.07, 6.45) is 7.76. The van der Waals surface area contributed by atoms with Crippen LogP contribution in [0.5, 0.6) is 5.75 Å². The molecule has 0 unspecified atom stereocenters. The van der Waals surface area contributed by atoms with Crippen molar-refractivity contribution in [3.63, 3.8) is 0 Å². The van der Waals surface area contributed by atoms with Crippen LogP contribution in [0.15, 0.2) is 83.6 Å². The number of nitrogens with zero attached hydrogens (tertiary/aromatic N) is 5. The van der Waals surface area contributed by atoms with Crippen LogP contribution in [0.3, 0.4) is 0 Å². The molecule has 1 fully saturated rings. The van der Waals surface area contributed by atoms with Crippen molar-refractivity contribution in [1.82, 2.24) is 19.8 Å². The molecule has 2 aromatic carbocycles. The van der Waals surface area contributed by atoms with Crippen molar-refractivity contribution >= 4 is 34.4 Å². The van der Waals surface area contributed by atoms with Gasteiger partial charge in [0.15, 0.2) is 0 Å². The Morgan fingerprint density at radius 1 is 1.10 bits per heavy atom. The summed E-state index contributed by atoms with van der Waals surface area (Å²) in [6.45, 7) is 1.25. The van der Waals surface area contributed by atoms with Crippen molar-refractivity contribution in [2.75, 3.05) is 39.6 Å². The molecule has 0 saturated carbocycles. The quantitative estimate of drug-likeness (QED) is 0.500. The van der Waals surface area contributed by atoms with Crippen LogP contribution in [0.2, 0.25) is 0 Å². The molecule has 0 bridgehead atoms. The molecule has 0 atom stereocenters. The second-order valence-corrected chi connectivity index (χ2v) is 10.2. The number of aromatic nitrogens is 2. The Kier molecular flexibility index (Phi) is 6.73. The van der Waals surface area contributed by atoms with E-state index in [4.69, 9.17) is 9.72 Å². The number of likely N-dealkylation sites (tertiary alicyclic amines) is 1. The van der Waals surface area contributed by atoms with Gasteiger partial charge in [0.1, 0.15) is 17.3 Å². The fourth-order valence-electron chi connectivity index (χ4n) is 5.03. The predicted molar refractivity (Wildman–Crippen MR) is 154 cm³/mol. The van der Waals surface area contributed by atoms with E-state index in [1.807, 2.05) is 44.4 Å².